The number of fused-ring (bicyclic) bond motifs is 1. The summed E-state index contributed by atoms with van der Waals surface area (Å²) in [6, 6.07) is 5.42. The number of ether oxygens (including phenoxy) is 2. The molecule has 0 saturated carbocycles. The summed E-state index contributed by atoms with van der Waals surface area (Å²) in [5.41, 5.74) is 0.758. The lowest BCUT2D eigenvalue weighted by Gasteiger charge is -2.08. The molecule has 0 aliphatic carbocycles. The highest BCUT2D eigenvalue weighted by Gasteiger charge is 2.12. The minimum absolute atomic E-state index is 0.0574. The van der Waals surface area contributed by atoms with Crippen LogP contribution in [0, 0.1) is 0 Å². The van der Waals surface area contributed by atoms with Gasteiger partial charge in [-0.15, -0.1) is 11.6 Å². The third-order valence-corrected chi connectivity index (χ3v) is 2.81. The van der Waals surface area contributed by atoms with E-state index < -0.39 is 0 Å². The number of rotatable bonds is 3. The molecular weight excluding hydrogens is 242 g/mol. The van der Waals surface area contributed by atoms with Crippen molar-refractivity contribution in [3.8, 4) is 11.5 Å². The van der Waals surface area contributed by atoms with E-state index in [1.807, 2.05) is 12.1 Å². The van der Waals surface area contributed by atoms with Crippen LogP contribution < -0.4 is 9.47 Å². The van der Waals surface area contributed by atoms with Crippen LogP contribution >= 0.6 is 11.6 Å². The van der Waals surface area contributed by atoms with Crippen LogP contribution in [0.2, 0.25) is 0 Å². The molecule has 0 spiro atoms. The zero-order valence-electron chi connectivity index (χ0n) is 9.57. The second-order valence-corrected chi connectivity index (χ2v) is 3.75. The molecule has 0 radical (unpaired) electrons. The molecule has 0 fully saturated rings. The first-order chi connectivity index (χ1) is 8.21. The van der Waals surface area contributed by atoms with Gasteiger partial charge in [0.1, 0.15) is 5.88 Å². The van der Waals surface area contributed by atoms with Crippen molar-refractivity contribution < 1.29 is 14.3 Å². The van der Waals surface area contributed by atoms with Gasteiger partial charge in [-0.05, 0) is 12.1 Å². The lowest BCUT2D eigenvalue weighted by atomic mass is 10.2. The monoisotopic (exact) mass is 253 g/mol. The predicted octanol–water partition coefficient (Wildman–Crippen LogP) is 2.54. The third kappa shape index (κ3) is 1.96. The highest BCUT2D eigenvalue weighted by molar-refractivity contribution is 6.28. The van der Waals surface area contributed by atoms with Crippen molar-refractivity contribution in [3.05, 3.63) is 24.4 Å². The van der Waals surface area contributed by atoms with E-state index in [0.29, 0.717) is 11.5 Å². The number of methoxy groups -OCH3 is 2. The van der Waals surface area contributed by atoms with E-state index >= 15 is 0 Å². The van der Waals surface area contributed by atoms with E-state index in [2.05, 4.69) is 0 Å². The molecule has 0 aliphatic rings. The van der Waals surface area contributed by atoms with Gasteiger partial charge in [-0.3, -0.25) is 9.36 Å². The largest absolute Gasteiger partial charge is 0.493 e. The summed E-state index contributed by atoms with van der Waals surface area (Å²) in [4.78, 5) is 11.6. The molecule has 1 aromatic carbocycles. The van der Waals surface area contributed by atoms with Crippen molar-refractivity contribution in [2.45, 2.75) is 0 Å². The average Bonchev–Trinajstić information content (AvgIpc) is 2.78. The van der Waals surface area contributed by atoms with Crippen molar-refractivity contribution in [1.82, 2.24) is 4.57 Å². The topological polar surface area (TPSA) is 40.5 Å². The molecular formula is C12H12ClNO3. The summed E-state index contributed by atoms with van der Waals surface area (Å²) in [5.74, 6) is 0.991. The molecule has 4 nitrogen and oxygen atoms in total. The zero-order valence-corrected chi connectivity index (χ0v) is 10.3. The Morgan fingerprint density at radius 2 is 1.94 bits per heavy atom. The standard InChI is InChI=1S/C12H12ClNO3/c1-16-10-5-8-3-4-14(12(15)7-13)9(8)6-11(10)17-2/h3-6H,7H2,1-2H3. The Balaban J connectivity index is 2.65. The zero-order chi connectivity index (χ0) is 12.4. The van der Waals surface area contributed by atoms with Crippen LogP contribution in [0.4, 0.5) is 0 Å². The van der Waals surface area contributed by atoms with Crippen LogP contribution in [0.1, 0.15) is 4.79 Å². The quantitative estimate of drug-likeness (QED) is 0.790. The van der Waals surface area contributed by atoms with Crippen molar-refractivity contribution in [2.75, 3.05) is 20.1 Å². The van der Waals surface area contributed by atoms with Crippen LogP contribution in [0.5, 0.6) is 11.5 Å². The van der Waals surface area contributed by atoms with Gasteiger partial charge >= 0.3 is 0 Å². The van der Waals surface area contributed by atoms with Crippen LogP contribution in [-0.2, 0) is 0 Å². The summed E-state index contributed by atoms with van der Waals surface area (Å²) in [6.45, 7) is 0. The normalized spacial score (nSPS) is 10.5. The number of hydrogen-bond donors (Lipinski definition) is 0. The van der Waals surface area contributed by atoms with Gasteiger partial charge in [0, 0.05) is 17.6 Å². The van der Waals surface area contributed by atoms with Crippen LogP contribution in [-0.4, -0.2) is 30.6 Å². The smallest absolute Gasteiger partial charge is 0.245 e. The SMILES string of the molecule is COc1cc2ccn(C(=O)CCl)c2cc1OC. The Labute approximate surface area is 104 Å². The van der Waals surface area contributed by atoms with E-state index in [0.717, 1.165) is 10.9 Å². The van der Waals surface area contributed by atoms with E-state index in [4.69, 9.17) is 21.1 Å². The van der Waals surface area contributed by atoms with E-state index in [-0.39, 0.29) is 11.8 Å². The molecule has 0 N–H and O–H groups in total. The Morgan fingerprint density at radius 1 is 1.29 bits per heavy atom. The number of alkyl halides is 1. The maximum absolute atomic E-state index is 11.6. The Kier molecular flexibility index (Phi) is 3.24. The first kappa shape index (κ1) is 11.8. The Bertz CT molecular complexity index is 562. The van der Waals surface area contributed by atoms with Gasteiger partial charge in [-0.25, -0.2) is 0 Å². The molecule has 5 heteroatoms. The number of halogens is 1. The highest BCUT2D eigenvalue weighted by atomic mass is 35.5. The molecule has 17 heavy (non-hydrogen) atoms. The maximum Gasteiger partial charge on any atom is 0.245 e. The van der Waals surface area contributed by atoms with Gasteiger partial charge in [0.05, 0.1) is 19.7 Å². The molecule has 0 saturated heterocycles. The first-order valence-corrected chi connectivity index (χ1v) is 5.57. The number of hydrogen-bond acceptors (Lipinski definition) is 3. The summed E-state index contributed by atoms with van der Waals surface area (Å²) >= 11 is 5.55. The molecule has 90 valence electrons. The van der Waals surface area contributed by atoms with E-state index in [1.54, 1.807) is 26.5 Å². The molecule has 0 aliphatic heterocycles. The number of benzene rings is 1. The summed E-state index contributed by atoms with van der Waals surface area (Å²) in [5, 5.41) is 0.904. The molecule has 0 unspecified atom stereocenters. The van der Waals surface area contributed by atoms with E-state index in [9.17, 15) is 4.79 Å². The first-order valence-electron chi connectivity index (χ1n) is 5.03. The fourth-order valence-corrected chi connectivity index (χ4v) is 1.87. The minimum atomic E-state index is -0.172. The van der Waals surface area contributed by atoms with Gasteiger partial charge in [-0.1, -0.05) is 0 Å². The maximum atomic E-state index is 11.6. The lowest BCUT2D eigenvalue weighted by Crippen LogP contribution is -2.10. The third-order valence-electron chi connectivity index (χ3n) is 2.58. The van der Waals surface area contributed by atoms with Gasteiger partial charge in [0.2, 0.25) is 5.91 Å². The fraction of sp³-hybridized carbons (Fsp3) is 0.250. The Hall–Kier alpha value is -1.68. The molecule has 2 rings (SSSR count). The average molecular weight is 254 g/mol. The molecule has 0 amide bonds. The van der Waals surface area contributed by atoms with Gasteiger partial charge in [0.25, 0.3) is 0 Å². The van der Waals surface area contributed by atoms with Crippen molar-refractivity contribution in [2.24, 2.45) is 0 Å². The Morgan fingerprint density at radius 3 is 2.53 bits per heavy atom. The number of aromatic nitrogens is 1. The number of carbonyl (C=O) groups excluding carboxylic acids is 1. The summed E-state index contributed by atoms with van der Waals surface area (Å²) < 4.78 is 11.9. The van der Waals surface area contributed by atoms with Gasteiger partial charge < -0.3 is 9.47 Å². The summed E-state index contributed by atoms with van der Waals surface area (Å²) in [6.07, 6.45) is 1.69. The predicted molar refractivity (Wildman–Crippen MR) is 66.4 cm³/mol. The molecule has 2 aromatic rings. The van der Waals surface area contributed by atoms with Crippen LogP contribution in [0.3, 0.4) is 0 Å². The van der Waals surface area contributed by atoms with Gasteiger partial charge in [-0.2, -0.15) is 0 Å². The second kappa shape index (κ2) is 4.67. The van der Waals surface area contributed by atoms with Crippen molar-refractivity contribution >= 4 is 28.4 Å². The van der Waals surface area contributed by atoms with Crippen molar-refractivity contribution in [1.29, 1.82) is 0 Å². The molecule has 1 aromatic heterocycles. The fourth-order valence-electron chi connectivity index (χ4n) is 1.74. The lowest BCUT2D eigenvalue weighted by molar-refractivity contribution is 0.0945. The van der Waals surface area contributed by atoms with Gasteiger partial charge in [0.15, 0.2) is 11.5 Å². The highest BCUT2D eigenvalue weighted by Crippen LogP contribution is 2.32. The van der Waals surface area contributed by atoms with Crippen LogP contribution in [0.25, 0.3) is 10.9 Å². The minimum Gasteiger partial charge on any atom is -0.493 e. The second-order valence-electron chi connectivity index (χ2n) is 3.48. The number of nitrogens with zero attached hydrogens (tertiary/aromatic N) is 1. The molecule has 0 atom stereocenters. The summed E-state index contributed by atoms with van der Waals surface area (Å²) in [7, 11) is 3.13. The molecule has 1 heterocycles. The van der Waals surface area contributed by atoms with E-state index in [1.165, 1.54) is 4.57 Å². The number of carbonyl (C=O) groups is 1. The molecule has 0 bridgehead atoms. The van der Waals surface area contributed by atoms with Crippen molar-refractivity contribution in [3.63, 3.8) is 0 Å². The van der Waals surface area contributed by atoms with Crippen LogP contribution in [0.15, 0.2) is 24.4 Å².